The maximum atomic E-state index is 14.0. The molecule has 14 heteroatoms. The monoisotopic (exact) mass is 527 g/mol. The van der Waals surface area contributed by atoms with Crippen molar-refractivity contribution in [2.24, 2.45) is 14.1 Å². The Labute approximate surface area is 212 Å². The highest BCUT2D eigenvalue weighted by Crippen LogP contribution is 2.44. The molecule has 0 saturated heterocycles. The van der Waals surface area contributed by atoms with Crippen LogP contribution in [0.25, 0.3) is 0 Å². The van der Waals surface area contributed by atoms with Gasteiger partial charge in [-0.25, -0.2) is 4.98 Å². The molecule has 3 heterocycles. The molecule has 2 N–H and O–H groups in total. The molecule has 0 aliphatic heterocycles. The molecular formula is C24H20F3N7O4. The zero-order valence-corrected chi connectivity index (χ0v) is 20.2. The number of carbonyl (C=O) groups is 1. The lowest BCUT2D eigenvalue weighted by atomic mass is 9.79. The summed E-state index contributed by atoms with van der Waals surface area (Å²) in [6.45, 7) is 1.51. The quantitative estimate of drug-likeness (QED) is 0.388. The number of aromatic nitrogens is 5. The highest BCUT2D eigenvalue weighted by molar-refractivity contribution is 6.04. The fourth-order valence-electron chi connectivity index (χ4n) is 4.31. The molecule has 0 aliphatic carbocycles. The molecule has 2 atom stereocenters. The Bertz CT molecular complexity index is 1600. The van der Waals surface area contributed by atoms with Crippen molar-refractivity contribution in [3.05, 3.63) is 87.2 Å². The van der Waals surface area contributed by atoms with E-state index in [4.69, 9.17) is 0 Å². The summed E-state index contributed by atoms with van der Waals surface area (Å²) in [7, 11) is 2.60. The highest BCUT2D eigenvalue weighted by atomic mass is 19.4. The summed E-state index contributed by atoms with van der Waals surface area (Å²) in [6, 6.07) is 8.09. The molecule has 11 nitrogen and oxygen atoms in total. The van der Waals surface area contributed by atoms with Crippen molar-refractivity contribution in [2.45, 2.75) is 24.9 Å². The van der Waals surface area contributed by atoms with E-state index in [-0.39, 0.29) is 28.2 Å². The molecule has 1 amide bonds. The zero-order chi connectivity index (χ0) is 27.8. The lowest BCUT2D eigenvalue weighted by Crippen LogP contribution is -2.30. The average molecular weight is 527 g/mol. The second-order valence-electron chi connectivity index (χ2n) is 8.47. The first-order chi connectivity index (χ1) is 17.9. The van der Waals surface area contributed by atoms with Crippen LogP contribution in [-0.4, -0.2) is 35.5 Å². The summed E-state index contributed by atoms with van der Waals surface area (Å²) >= 11 is 0. The van der Waals surface area contributed by atoms with E-state index >= 15 is 0 Å². The van der Waals surface area contributed by atoms with Gasteiger partial charge < -0.3 is 14.9 Å². The third-order valence-electron chi connectivity index (χ3n) is 5.99. The second-order valence-corrected chi connectivity index (χ2v) is 8.47. The Kier molecular flexibility index (Phi) is 6.77. The normalized spacial score (nSPS) is 13.1. The minimum Gasteiger partial charge on any atom is -0.501 e. The van der Waals surface area contributed by atoms with Gasteiger partial charge in [-0.05, 0) is 11.6 Å². The van der Waals surface area contributed by atoms with E-state index in [0.717, 1.165) is 15.5 Å². The van der Waals surface area contributed by atoms with Crippen LogP contribution < -0.4 is 10.9 Å². The Balaban J connectivity index is 1.94. The molecule has 3 aromatic heterocycles. The van der Waals surface area contributed by atoms with Crippen molar-refractivity contribution >= 4 is 11.6 Å². The van der Waals surface area contributed by atoms with Crippen molar-refractivity contribution in [1.29, 1.82) is 5.26 Å². The summed E-state index contributed by atoms with van der Waals surface area (Å²) in [5.74, 6) is -4.23. The number of benzene rings is 1. The number of aromatic hydroxyl groups is 1. The third kappa shape index (κ3) is 4.73. The molecule has 4 aromatic rings. The van der Waals surface area contributed by atoms with E-state index < -0.39 is 46.6 Å². The van der Waals surface area contributed by atoms with E-state index in [2.05, 4.69) is 25.1 Å². The molecule has 0 spiro atoms. The molecule has 0 bridgehead atoms. The maximum absolute atomic E-state index is 14.0. The lowest BCUT2D eigenvalue weighted by Gasteiger charge is -2.27. The first-order valence-electron chi connectivity index (χ1n) is 11.0. The fourth-order valence-corrected chi connectivity index (χ4v) is 4.31. The number of hydrogen-bond donors (Lipinski definition) is 2. The Morgan fingerprint density at radius 3 is 2.58 bits per heavy atom. The summed E-state index contributed by atoms with van der Waals surface area (Å²) in [5, 5.41) is 29.5. The molecule has 1 aromatic carbocycles. The number of nitrogens with one attached hydrogen (secondary N) is 1. The fraction of sp³-hybridized carbons (Fsp3) is 0.250. The van der Waals surface area contributed by atoms with Gasteiger partial charge in [-0.2, -0.15) is 23.5 Å². The van der Waals surface area contributed by atoms with Crippen LogP contribution in [0.4, 0.5) is 18.9 Å². The van der Waals surface area contributed by atoms with Gasteiger partial charge in [0.05, 0.1) is 17.8 Å². The second kappa shape index (κ2) is 9.85. The summed E-state index contributed by atoms with van der Waals surface area (Å²) in [6.07, 6.45) is -1.35. The number of nitriles is 1. The van der Waals surface area contributed by atoms with Gasteiger partial charge >= 0.3 is 6.18 Å². The SMILES string of the molecule is C[C@H](c1nc(C(=O)Nc2cnoc2)c(O)c(=O)n1C)[C@@H](c1ccccc1C#N)c1cn(C)nc1C(F)(F)F. The van der Waals surface area contributed by atoms with Gasteiger partial charge in [0, 0.05) is 37.7 Å². The number of hydrogen-bond acceptors (Lipinski definition) is 8. The summed E-state index contributed by atoms with van der Waals surface area (Å²) in [5.41, 5.74) is -2.60. The van der Waals surface area contributed by atoms with E-state index in [1.807, 2.05) is 6.07 Å². The maximum Gasteiger partial charge on any atom is 0.435 e. The first-order valence-corrected chi connectivity index (χ1v) is 11.0. The molecular weight excluding hydrogens is 507 g/mol. The van der Waals surface area contributed by atoms with Crippen LogP contribution in [-0.2, 0) is 20.3 Å². The molecule has 0 saturated carbocycles. The van der Waals surface area contributed by atoms with Gasteiger partial charge in [0.25, 0.3) is 11.5 Å². The van der Waals surface area contributed by atoms with Gasteiger partial charge in [0.1, 0.15) is 17.8 Å². The number of amides is 1. The highest BCUT2D eigenvalue weighted by Gasteiger charge is 2.42. The van der Waals surface area contributed by atoms with Gasteiger partial charge in [-0.15, -0.1) is 0 Å². The average Bonchev–Trinajstić information content (AvgIpc) is 3.52. The van der Waals surface area contributed by atoms with Crippen LogP contribution >= 0.6 is 0 Å². The predicted octanol–water partition coefficient (Wildman–Crippen LogP) is 3.29. The van der Waals surface area contributed by atoms with E-state index in [1.54, 1.807) is 12.1 Å². The lowest BCUT2D eigenvalue weighted by molar-refractivity contribution is -0.142. The predicted molar refractivity (Wildman–Crippen MR) is 125 cm³/mol. The minimum atomic E-state index is -4.83. The number of anilines is 1. The van der Waals surface area contributed by atoms with Crippen molar-refractivity contribution in [3.8, 4) is 11.8 Å². The van der Waals surface area contributed by atoms with Crippen molar-refractivity contribution in [1.82, 2.24) is 24.5 Å². The standard InChI is InChI=1S/C24H20F3N7O4/c1-12(21-31-18(19(35)23(37)34(21)3)22(36)30-14-9-29-38-11-14)17(15-7-5-4-6-13(15)8-28)16-10-33(2)32-20(16)24(25,26)27/h4-7,9-12,17,35H,1-3H3,(H,30,36)/t12-,17-/m0/s1. The van der Waals surface area contributed by atoms with E-state index in [9.17, 15) is 33.1 Å². The molecule has 4 rings (SSSR count). The van der Waals surface area contributed by atoms with E-state index in [0.29, 0.717) is 0 Å². The largest absolute Gasteiger partial charge is 0.501 e. The smallest absolute Gasteiger partial charge is 0.435 e. The van der Waals surface area contributed by atoms with Gasteiger partial charge in [-0.1, -0.05) is 30.3 Å². The van der Waals surface area contributed by atoms with Crippen LogP contribution in [0, 0.1) is 11.3 Å². The number of rotatable bonds is 6. The number of alkyl halides is 3. The molecule has 38 heavy (non-hydrogen) atoms. The molecule has 196 valence electrons. The molecule has 0 unspecified atom stereocenters. The van der Waals surface area contributed by atoms with E-state index in [1.165, 1.54) is 45.5 Å². The number of aryl methyl sites for hydroxylation is 1. The minimum absolute atomic E-state index is 0.107. The van der Waals surface area contributed by atoms with Crippen molar-refractivity contribution < 1.29 is 27.6 Å². The summed E-state index contributed by atoms with van der Waals surface area (Å²) in [4.78, 5) is 29.9. The first kappa shape index (κ1) is 26.1. The Morgan fingerprint density at radius 1 is 1.24 bits per heavy atom. The number of nitrogens with zero attached hydrogens (tertiary/aromatic N) is 6. The third-order valence-corrected chi connectivity index (χ3v) is 5.99. The summed E-state index contributed by atoms with van der Waals surface area (Å²) < 4.78 is 48.7. The van der Waals surface area contributed by atoms with Crippen LogP contribution in [0.5, 0.6) is 5.75 Å². The van der Waals surface area contributed by atoms with Crippen molar-refractivity contribution in [3.63, 3.8) is 0 Å². The van der Waals surface area contributed by atoms with Gasteiger partial charge in [-0.3, -0.25) is 18.8 Å². The van der Waals surface area contributed by atoms with Crippen molar-refractivity contribution in [2.75, 3.05) is 5.32 Å². The molecule has 0 radical (unpaired) electrons. The number of halogens is 3. The van der Waals surface area contributed by atoms with Crippen LogP contribution in [0.1, 0.15) is 57.5 Å². The van der Waals surface area contributed by atoms with Gasteiger partial charge in [0.15, 0.2) is 11.4 Å². The Hall–Kier alpha value is -4.93. The zero-order valence-electron chi connectivity index (χ0n) is 20.2. The Morgan fingerprint density at radius 2 is 1.95 bits per heavy atom. The van der Waals surface area contributed by atoms with Crippen LogP contribution in [0.3, 0.4) is 0 Å². The van der Waals surface area contributed by atoms with Crippen LogP contribution in [0.15, 0.2) is 52.2 Å². The number of carbonyl (C=O) groups excluding carboxylic acids is 1. The molecule has 0 fully saturated rings. The topological polar surface area (TPSA) is 152 Å². The molecule has 0 aliphatic rings. The van der Waals surface area contributed by atoms with Gasteiger partial charge in [0.2, 0.25) is 5.75 Å². The van der Waals surface area contributed by atoms with Crippen LogP contribution in [0.2, 0.25) is 0 Å².